The molecule has 0 spiro atoms. The van der Waals surface area contributed by atoms with Crippen LogP contribution in [0, 0.1) is 0 Å². The van der Waals surface area contributed by atoms with Crippen LogP contribution in [-0.4, -0.2) is 31.7 Å². The lowest BCUT2D eigenvalue weighted by atomic mass is 10.1. The quantitative estimate of drug-likeness (QED) is 0.251. The average Bonchev–Trinajstić information content (AvgIpc) is 2.61. The molecule has 0 radical (unpaired) electrons. The zero-order chi connectivity index (χ0) is 17.2. The van der Waals surface area contributed by atoms with Crippen molar-refractivity contribution in [2.45, 2.75) is 6.42 Å². The second-order valence-electron chi connectivity index (χ2n) is 4.92. The second kappa shape index (κ2) is 9.25. The highest BCUT2D eigenvalue weighted by molar-refractivity contribution is 5.84. The van der Waals surface area contributed by atoms with E-state index in [1.807, 2.05) is 30.3 Å². The molecular formula is C19H21NO4. The van der Waals surface area contributed by atoms with E-state index < -0.39 is 0 Å². The maximum absolute atomic E-state index is 8.75. The van der Waals surface area contributed by atoms with E-state index in [0.717, 1.165) is 17.7 Å². The highest BCUT2D eigenvalue weighted by Gasteiger charge is 2.09. The SMILES string of the molecule is C=CCc1ccccc1OCCOc1c(C=NO)cccc1OC. The summed E-state index contributed by atoms with van der Waals surface area (Å²) in [5.41, 5.74) is 1.71. The molecule has 0 saturated heterocycles. The number of allylic oxidation sites excluding steroid dienone is 1. The van der Waals surface area contributed by atoms with Gasteiger partial charge in [-0.3, -0.25) is 0 Å². The summed E-state index contributed by atoms with van der Waals surface area (Å²) in [4.78, 5) is 0. The molecule has 0 unspecified atom stereocenters. The Morgan fingerprint density at radius 3 is 2.54 bits per heavy atom. The Bertz CT molecular complexity index is 698. The summed E-state index contributed by atoms with van der Waals surface area (Å²) in [6, 6.07) is 13.2. The van der Waals surface area contributed by atoms with E-state index >= 15 is 0 Å². The number of ether oxygens (including phenoxy) is 3. The minimum absolute atomic E-state index is 0.328. The molecule has 5 heteroatoms. The van der Waals surface area contributed by atoms with Crippen molar-refractivity contribution >= 4 is 6.21 Å². The number of methoxy groups -OCH3 is 1. The van der Waals surface area contributed by atoms with Gasteiger partial charge in [0, 0.05) is 5.56 Å². The fraction of sp³-hybridized carbons (Fsp3) is 0.211. The van der Waals surface area contributed by atoms with Crippen molar-refractivity contribution in [2.24, 2.45) is 5.16 Å². The molecule has 1 N–H and O–H groups in total. The highest BCUT2D eigenvalue weighted by atomic mass is 16.5. The van der Waals surface area contributed by atoms with Crippen LogP contribution in [0.2, 0.25) is 0 Å². The lowest BCUT2D eigenvalue weighted by Gasteiger charge is -2.14. The van der Waals surface area contributed by atoms with Crippen LogP contribution in [-0.2, 0) is 6.42 Å². The minimum atomic E-state index is 0.328. The normalized spacial score (nSPS) is 10.5. The Morgan fingerprint density at radius 1 is 1.04 bits per heavy atom. The Kier molecular flexibility index (Phi) is 6.71. The van der Waals surface area contributed by atoms with Crippen molar-refractivity contribution in [3.63, 3.8) is 0 Å². The first-order chi connectivity index (χ1) is 11.8. The van der Waals surface area contributed by atoms with Gasteiger partial charge in [-0.05, 0) is 30.2 Å². The summed E-state index contributed by atoms with van der Waals surface area (Å²) in [5, 5.41) is 11.8. The zero-order valence-corrected chi connectivity index (χ0v) is 13.6. The number of para-hydroxylation sites is 2. The molecule has 0 heterocycles. The van der Waals surface area contributed by atoms with Crippen LogP contribution in [0.1, 0.15) is 11.1 Å². The van der Waals surface area contributed by atoms with Gasteiger partial charge in [-0.2, -0.15) is 0 Å². The Hall–Kier alpha value is -2.95. The van der Waals surface area contributed by atoms with E-state index in [-0.39, 0.29) is 0 Å². The van der Waals surface area contributed by atoms with Crippen LogP contribution in [0.25, 0.3) is 0 Å². The standard InChI is InChI=1S/C19H21NO4/c1-3-7-15-8-4-5-10-17(15)23-12-13-24-19-16(14-20-21)9-6-11-18(19)22-2/h3-6,8-11,14,21H,1,7,12-13H2,2H3. The molecule has 24 heavy (non-hydrogen) atoms. The number of rotatable bonds is 9. The van der Waals surface area contributed by atoms with Gasteiger partial charge in [-0.15, -0.1) is 6.58 Å². The van der Waals surface area contributed by atoms with Crippen LogP contribution in [0.3, 0.4) is 0 Å². The maximum atomic E-state index is 8.75. The lowest BCUT2D eigenvalue weighted by Crippen LogP contribution is -2.11. The molecular weight excluding hydrogens is 306 g/mol. The molecule has 0 saturated carbocycles. The number of benzene rings is 2. The maximum Gasteiger partial charge on any atom is 0.170 e. The molecule has 2 rings (SSSR count). The summed E-state index contributed by atoms with van der Waals surface area (Å²) in [6.45, 7) is 4.46. The fourth-order valence-electron chi connectivity index (χ4n) is 2.28. The molecule has 0 amide bonds. The van der Waals surface area contributed by atoms with Crippen LogP contribution >= 0.6 is 0 Å². The van der Waals surface area contributed by atoms with Crippen LogP contribution in [0.5, 0.6) is 17.2 Å². The topological polar surface area (TPSA) is 60.3 Å². The zero-order valence-electron chi connectivity index (χ0n) is 13.6. The van der Waals surface area contributed by atoms with Crippen molar-refractivity contribution in [2.75, 3.05) is 20.3 Å². The van der Waals surface area contributed by atoms with E-state index in [2.05, 4.69) is 11.7 Å². The molecule has 0 aliphatic carbocycles. The van der Waals surface area contributed by atoms with Crippen LogP contribution < -0.4 is 14.2 Å². The molecule has 0 fully saturated rings. The number of nitrogens with zero attached hydrogens (tertiary/aromatic N) is 1. The van der Waals surface area contributed by atoms with Gasteiger partial charge in [-0.1, -0.05) is 35.5 Å². The van der Waals surface area contributed by atoms with E-state index in [1.54, 1.807) is 25.3 Å². The molecule has 2 aromatic carbocycles. The molecule has 0 aromatic heterocycles. The molecule has 2 aromatic rings. The molecule has 0 atom stereocenters. The van der Waals surface area contributed by atoms with Gasteiger partial charge < -0.3 is 19.4 Å². The summed E-state index contributed by atoms with van der Waals surface area (Å²) >= 11 is 0. The van der Waals surface area contributed by atoms with E-state index in [1.165, 1.54) is 6.21 Å². The van der Waals surface area contributed by atoms with Gasteiger partial charge in [0.1, 0.15) is 19.0 Å². The summed E-state index contributed by atoms with van der Waals surface area (Å²) < 4.78 is 16.8. The molecule has 5 nitrogen and oxygen atoms in total. The van der Waals surface area contributed by atoms with Crippen LogP contribution in [0.4, 0.5) is 0 Å². The van der Waals surface area contributed by atoms with Crippen molar-refractivity contribution in [3.8, 4) is 17.2 Å². The van der Waals surface area contributed by atoms with E-state index in [4.69, 9.17) is 19.4 Å². The fourth-order valence-corrected chi connectivity index (χ4v) is 2.28. The van der Waals surface area contributed by atoms with Gasteiger partial charge in [0.2, 0.25) is 0 Å². The lowest BCUT2D eigenvalue weighted by molar-refractivity contribution is 0.210. The van der Waals surface area contributed by atoms with Gasteiger partial charge in [0.15, 0.2) is 11.5 Å². The smallest absolute Gasteiger partial charge is 0.170 e. The number of hydrogen-bond acceptors (Lipinski definition) is 5. The van der Waals surface area contributed by atoms with Crippen molar-refractivity contribution in [1.82, 2.24) is 0 Å². The van der Waals surface area contributed by atoms with E-state index in [0.29, 0.717) is 30.3 Å². The highest BCUT2D eigenvalue weighted by Crippen LogP contribution is 2.30. The Morgan fingerprint density at radius 2 is 1.79 bits per heavy atom. The predicted octanol–water partition coefficient (Wildman–Crippen LogP) is 3.69. The van der Waals surface area contributed by atoms with Crippen molar-refractivity contribution in [1.29, 1.82) is 0 Å². The third kappa shape index (κ3) is 4.52. The Balaban J connectivity index is 1.99. The largest absolute Gasteiger partial charge is 0.493 e. The third-order valence-corrected chi connectivity index (χ3v) is 3.35. The minimum Gasteiger partial charge on any atom is -0.493 e. The second-order valence-corrected chi connectivity index (χ2v) is 4.92. The predicted molar refractivity (Wildman–Crippen MR) is 93.7 cm³/mol. The molecule has 0 aliphatic heterocycles. The first-order valence-electron chi connectivity index (χ1n) is 7.59. The van der Waals surface area contributed by atoms with Gasteiger partial charge in [-0.25, -0.2) is 0 Å². The first-order valence-corrected chi connectivity index (χ1v) is 7.59. The van der Waals surface area contributed by atoms with Crippen molar-refractivity contribution < 1.29 is 19.4 Å². The first kappa shape index (κ1) is 17.4. The summed E-state index contributed by atoms with van der Waals surface area (Å²) in [6.07, 6.45) is 3.90. The third-order valence-electron chi connectivity index (χ3n) is 3.35. The molecule has 0 aliphatic rings. The van der Waals surface area contributed by atoms with Crippen LogP contribution in [0.15, 0.2) is 60.3 Å². The van der Waals surface area contributed by atoms with Gasteiger partial charge in [0.05, 0.1) is 13.3 Å². The molecule has 0 bridgehead atoms. The number of hydrogen-bond donors (Lipinski definition) is 1. The van der Waals surface area contributed by atoms with Gasteiger partial charge >= 0.3 is 0 Å². The average molecular weight is 327 g/mol. The number of oxime groups is 1. The van der Waals surface area contributed by atoms with Gasteiger partial charge in [0.25, 0.3) is 0 Å². The Labute approximate surface area is 141 Å². The van der Waals surface area contributed by atoms with E-state index in [9.17, 15) is 0 Å². The summed E-state index contributed by atoms with van der Waals surface area (Å²) in [5.74, 6) is 1.90. The summed E-state index contributed by atoms with van der Waals surface area (Å²) in [7, 11) is 1.56. The monoisotopic (exact) mass is 327 g/mol. The van der Waals surface area contributed by atoms with Crippen molar-refractivity contribution in [3.05, 3.63) is 66.2 Å². The molecule has 126 valence electrons.